The van der Waals surface area contributed by atoms with Gasteiger partial charge in [0.05, 0.1) is 32.3 Å². The van der Waals surface area contributed by atoms with E-state index in [1.165, 1.54) is 7.11 Å². The lowest BCUT2D eigenvalue weighted by Gasteiger charge is -2.40. The Labute approximate surface area is 218 Å². The number of hydrogen-bond acceptors (Lipinski definition) is 8. The number of carbonyl (C=O) groups excluding carboxylic acids is 2. The largest absolute Gasteiger partial charge is 0.493 e. The summed E-state index contributed by atoms with van der Waals surface area (Å²) >= 11 is 0. The average molecular weight is 521 g/mol. The van der Waals surface area contributed by atoms with E-state index in [0.717, 1.165) is 25.7 Å². The molecule has 0 radical (unpaired) electrons. The molecule has 2 aliphatic rings. The van der Waals surface area contributed by atoms with Crippen LogP contribution in [0.4, 0.5) is 0 Å². The Bertz CT molecular complexity index is 966. The molecule has 4 N–H and O–H groups in total. The smallest absolute Gasteiger partial charge is 0.249 e. The van der Waals surface area contributed by atoms with E-state index in [4.69, 9.17) is 14.2 Å². The highest BCUT2D eigenvalue weighted by Crippen LogP contribution is 2.51. The van der Waals surface area contributed by atoms with E-state index in [1.54, 1.807) is 30.0 Å². The fourth-order valence-electron chi connectivity index (χ4n) is 5.04. The summed E-state index contributed by atoms with van der Waals surface area (Å²) in [4.78, 5) is 28.1. The van der Waals surface area contributed by atoms with Crippen LogP contribution in [0.25, 0.3) is 0 Å². The summed E-state index contributed by atoms with van der Waals surface area (Å²) in [6.07, 6.45) is 3.39. The third-order valence-electron chi connectivity index (χ3n) is 6.86. The molecule has 1 aliphatic heterocycles. The van der Waals surface area contributed by atoms with Crippen LogP contribution in [0.2, 0.25) is 0 Å². The molecular formula is C27H40N2O8. The number of amides is 2. The zero-order valence-corrected chi connectivity index (χ0v) is 21.9. The minimum absolute atomic E-state index is 0.0541. The van der Waals surface area contributed by atoms with Gasteiger partial charge in [0.15, 0.2) is 11.5 Å². The molecular weight excluding hydrogens is 480 g/mol. The summed E-state index contributed by atoms with van der Waals surface area (Å²) in [6, 6.07) is 2.58. The van der Waals surface area contributed by atoms with E-state index in [1.807, 2.05) is 0 Å². The van der Waals surface area contributed by atoms with Crippen LogP contribution in [0, 0.1) is 0 Å². The van der Waals surface area contributed by atoms with Gasteiger partial charge in [-0.1, -0.05) is 26.2 Å². The first kappa shape index (κ1) is 28.9. The fraction of sp³-hybridized carbons (Fsp3) is 0.630. The van der Waals surface area contributed by atoms with Gasteiger partial charge in [0, 0.05) is 30.8 Å². The van der Waals surface area contributed by atoms with Gasteiger partial charge in [0.25, 0.3) is 0 Å². The Morgan fingerprint density at radius 2 is 1.95 bits per heavy atom. The summed E-state index contributed by atoms with van der Waals surface area (Å²) < 4.78 is 17.1. The van der Waals surface area contributed by atoms with Crippen molar-refractivity contribution in [1.82, 2.24) is 10.2 Å². The molecule has 0 spiro atoms. The molecule has 3 rings (SSSR count). The standard InChI is InChI=1S/C27H40N2O8/c1-4-6-7-8-10-29(22(32)16-36-5-2)20-14-19(27(34)28-9-11-30)23-18-12-17(15-31)13-21(35-3)25(18)37-26(23)24(20)33/h12-14,20,23-24,26,30-31,33H,4-11,15-16H2,1-3H3,(H,28,34). The van der Waals surface area contributed by atoms with Gasteiger partial charge >= 0.3 is 0 Å². The van der Waals surface area contributed by atoms with Crippen molar-refractivity contribution in [3.05, 3.63) is 34.9 Å². The van der Waals surface area contributed by atoms with Crippen molar-refractivity contribution in [2.24, 2.45) is 0 Å². The van der Waals surface area contributed by atoms with E-state index in [0.29, 0.717) is 41.4 Å². The van der Waals surface area contributed by atoms with Crippen molar-refractivity contribution in [3.8, 4) is 11.5 Å². The van der Waals surface area contributed by atoms with Gasteiger partial charge in [-0.25, -0.2) is 0 Å². The predicted molar refractivity (Wildman–Crippen MR) is 136 cm³/mol. The number of benzene rings is 1. The number of aliphatic hydroxyl groups is 3. The molecule has 10 nitrogen and oxygen atoms in total. The molecule has 0 fully saturated rings. The van der Waals surface area contributed by atoms with E-state index < -0.39 is 30.1 Å². The number of unbranched alkanes of at least 4 members (excludes halogenated alkanes) is 3. The monoisotopic (exact) mass is 520 g/mol. The normalized spacial score (nSPS) is 21.9. The number of methoxy groups -OCH3 is 1. The molecule has 1 heterocycles. The fourth-order valence-corrected chi connectivity index (χ4v) is 5.04. The Balaban J connectivity index is 2.05. The van der Waals surface area contributed by atoms with Crippen molar-refractivity contribution in [2.45, 2.75) is 70.3 Å². The van der Waals surface area contributed by atoms with Crippen LogP contribution < -0.4 is 14.8 Å². The van der Waals surface area contributed by atoms with Crippen LogP contribution in [0.5, 0.6) is 11.5 Å². The predicted octanol–water partition coefficient (Wildman–Crippen LogP) is 1.26. The highest BCUT2D eigenvalue weighted by Gasteiger charge is 2.51. The Morgan fingerprint density at radius 3 is 2.59 bits per heavy atom. The van der Waals surface area contributed by atoms with E-state index in [2.05, 4.69) is 12.2 Å². The SMILES string of the molecule is CCCCCCN(C(=O)COCC)C1C=C(C(=O)NCCO)C2c3cc(CO)cc(OC)c3OC2C1O. The Morgan fingerprint density at radius 1 is 1.16 bits per heavy atom. The lowest BCUT2D eigenvalue weighted by Crippen LogP contribution is -2.56. The summed E-state index contributed by atoms with van der Waals surface area (Å²) in [7, 11) is 1.48. The molecule has 1 aliphatic carbocycles. The molecule has 10 heteroatoms. The van der Waals surface area contributed by atoms with Crippen LogP contribution in [-0.2, 0) is 20.9 Å². The van der Waals surface area contributed by atoms with E-state index >= 15 is 0 Å². The van der Waals surface area contributed by atoms with Gasteiger partial charge in [0.1, 0.15) is 18.8 Å². The maximum atomic E-state index is 13.3. The molecule has 0 bridgehead atoms. The highest BCUT2D eigenvalue weighted by atomic mass is 16.5. The number of hydrogen-bond donors (Lipinski definition) is 4. The molecule has 206 valence electrons. The highest BCUT2D eigenvalue weighted by molar-refractivity contribution is 5.96. The quantitative estimate of drug-likeness (QED) is 0.269. The Hall–Kier alpha value is -2.66. The van der Waals surface area contributed by atoms with Gasteiger partial charge < -0.3 is 39.7 Å². The van der Waals surface area contributed by atoms with E-state index in [-0.39, 0.29) is 32.3 Å². The third-order valence-corrected chi connectivity index (χ3v) is 6.86. The van der Waals surface area contributed by atoms with Crippen LogP contribution in [0.15, 0.2) is 23.8 Å². The third kappa shape index (κ3) is 6.43. The number of carbonyl (C=O) groups is 2. The second-order valence-electron chi connectivity index (χ2n) is 9.30. The van der Waals surface area contributed by atoms with Gasteiger partial charge in [-0.15, -0.1) is 0 Å². The van der Waals surface area contributed by atoms with Crippen molar-refractivity contribution < 1.29 is 39.1 Å². The van der Waals surface area contributed by atoms with Crippen LogP contribution in [0.3, 0.4) is 0 Å². The molecule has 0 saturated carbocycles. The summed E-state index contributed by atoms with van der Waals surface area (Å²) in [5.74, 6) is -0.565. The summed E-state index contributed by atoms with van der Waals surface area (Å²) in [5, 5.41) is 33.3. The first-order chi connectivity index (χ1) is 17.9. The molecule has 1 aromatic carbocycles. The second kappa shape index (κ2) is 13.8. The lowest BCUT2D eigenvalue weighted by atomic mass is 9.77. The number of ether oxygens (including phenoxy) is 3. The first-order valence-corrected chi connectivity index (χ1v) is 13.1. The maximum absolute atomic E-state index is 13.3. The molecule has 4 unspecified atom stereocenters. The van der Waals surface area contributed by atoms with Crippen molar-refractivity contribution in [3.63, 3.8) is 0 Å². The molecule has 4 atom stereocenters. The second-order valence-corrected chi connectivity index (χ2v) is 9.30. The van der Waals surface area contributed by atoms with Crippen LogP contribution >= 0.6 is 0 Å². The van der Waals surface area contributed by atoms with E-state index in [9.17, 15) is 24.9 Å². The Kier molecular flexibility index (Phi) is 10.7. The van der Waals surface area contributed by atoms with Gasteiger partial charge in [-0.05, 0) is 37.1 Å². The summed E-state index contributed by atoms with van der Waals surface area (Å²) in [5.41, 5.74) is 1.52. The minimum atomic E-state index is -1.13. The van der Waals surface area contributed by atoms with Crippen molar-refractivity contribution >= 4 is 11.8 Å². The van der Waals surface area contributed by atoms with Crippen LogP contribution in [-0.4, -0.2) is 90.3 Å². The van der Waals surface area contributed by atoms with Gasteiger partial charge in [-0.2, -0.15) is 0 Å². The number of aliphatic hydroxyl groups excluding tert-OH is 3. The number of fused-ring (bicyclic) bond motifs is 3. The number of nitrogens with one attached hydrogen (secondary N) is 1. The first-order valence-electron chi connectivity index (χ1n) is 13.1. The average Bonchev–Trinajstić information content (AvgIpc) is 3.30. The lowest BCUT2D eigenvalue weighted by molar-refractivity contribution is -0.141. The minimum Gasteiger partial charge on any atom is -0.493 e. The van der Waals surface area contributed by atoms with Gasteiger partial charge in [0.2, 0.25) is 11.8 Å². The molecule has 1 aromatic rings. The number of nitrogens with zero attached hydrogens (tertiary/aromatic N) is 1. The molecule has 2 amide bonds. The zero-order chi connectivity index (χ0) is 26.9. The molecule has 0 aromatic heterocycles. The van der Waals surface area contributed by atoms with Crippen molar-refractivity contribution in [1.29, 1.82) is 0 Å². The van der Waals surface area contributed by atoms with Gasteiger partial charge in [-0.3, -0.25) is 9.59 Å². The summed E-state index contributed by atoms with van der Waals surface area (Å²) in [6.45, 7) is 4.15. The molecule has 37 heavy (non-hydrogen) atoms. The zero-order valence-electron chi connectivity index (χ0n) is 21.9. The maximum Gasteiger partial charge on any atom is 0.249 e. The number of rotatable bonds is 14. The topological polar surface area (TPSA) is 138 Å². The van der Waals surface area contributed by atoms with Crippen LogP contribution in [0.1, 0.15) is 56.6 Å². The molecule has 0 saturated heterocycles. The van der Waals surface area contributed by atoms with Crippen molar-refractivity contribution in [2.75, 3.05) is 40.0 Å².